The molecule has 0 heterocycles. The summed E-state index contributed by atoms with van der Waals surface area (Å²) >= 11 is 0. The predicted molar refractivity (Wildman–Crippen MR) is 83.3 cm³/mol. The van der Waals surface area contributed by atoms with Gasteiger partial charge in [-0.15, -0.1) is 0 Å². The van der Waals surface area contributed by atoms with Gasteiger partial charge < -0.3 is 9.84 Å². The summed E-state index contributed by atoms with van der Waals surface area (Å²) < 4.78 is 6.17. The van der Waals surface area contributed by atoms with Gasteiger partial charge in [0.25, 0.3) is 0 Å². The molecule has 0 spiro atoms. The van der Waals surface area contributed by atoms with E-state index in [1.54, 1.807) is 0 Å². The van der Waals surface area contributed by atoms with Gasteiger partial charge in [-0.25, -0.2) is 0 Å². The Bertz CT molecular complexity index is 487. The second kappa shape index (κ2) is 5.07. The zero-order valence-electron chi connectivity index (χ0n) is 13.7. The maximum atomic E-state index is 9.96. The molecule has 0 bridgehead atoms. The summed E-state index contributed by atoms with van der Waals surface area (Å²) in [5.74, 6) is 0.953. The molecule has 3 atom stereocenters. The third-order valence-corrected chi connectivity index (χ3v) is 5.01. The molecule has 112 valence electrons. The minimum atomic E-state index is -0.230. The van der Waals surface area contributed by atoms with Crippen LogP contribution in [0.3, 0.4) is 0 Å². The van der Waals surface area contributed by atoms with E-state index in [9.17, 15) is 5.11 Å². The van der Waals surface area contributed by atoms with Gasteiger partial charge in [-0.05, 0) is 36.0 Å². The number of ether oxygens (including phenoxy) is 1. The molecule has 1 saturated carbocycles. The largest absolute Gasteiger partial charge is 0.489 e. The smallest absolute Gasteiger partial charge is 0.122 e. The normalized spacial score (nSPS) is 29.9. The minimum absolute atomic E-state index is 0.102. The number of aliphatic hydroxyl groups excluding tert-OH is 1. The van der Waals surface area contributed by atoms with Crippen molar-refractivity contribution in [2.24, 2.45) is 5.41 Å². The molecule has 2 heteroatoms. The summed E-state index contributed by atoms with van der Waals surface area (Å²) in [5, 5.41) is 9.96. The van der Waals surface area contributed by atoms with Crippen molar-refractivity contribution in [1.29, 1.82) is 0 Å². The fourth-order valence-electron chi connectivity index (χ4n) is 2.84. The molecule has 1 N–H and O–H groups in total. The fraction of sp³-hybridized carbons (Fsp3) is 0.667. The van der Waals surface area contributed by atoms with Crippen LogP contribution in [0.15, 0.2) is 18.2 Å². The summed E-state index contributed by atoms with van der Waals surface area (Å²) in [5.41, 5.74) is 2.56. The molecule has 0 amide bonds. The number of benzene rings is 1. The third-order valence-electron chi connectivity index (χ3n) is 5.01. The van der Waals surface area contributed by atoms with Gasteiger partial charge in [-0.3, -0.25) is 0 Å². The summed E-state index contributed by atoms with van der Waals surface area (Å²) in [6.07, 6.45) is 1.58. The van der Waals surface area contributed by atoms with Crippen molar-refractivity contribution < 1.29 is 9.84 Å². The predicted octanol–water partition coefficient (Wildman–Crippen LogP) is 4.22. The molecule has 2 nitrogen and oxygen atoms in total. The van der Waals surface area contributed by atoms with E-state index in [-0.39, 0.29) is 23.0 Å². The van der Waals surface area contributed by atoms with Crippen LogP contribution in [0, 0.1) is 12.3 Å². The molecule has 1 aliphatic rings. The molecule has 2 rings (SSSR count). The van der Waals surface area contributed by atoms with Gasteiger partial charge in [0.2, 0.25) is 0 Å². The minimum Gasteiger partial charge on any atom is -0.489 e. The van der Waals surface area contributed by atoms with Gasteiger partial charge >= 0.3 is 0 Å². The lowest BCUT2D eigenvalue weighted by molar-refractivity contribution is -0.147. The lowest BCUT2D eigenvalue weighted by Crippen LogP contribution is -2.57. The van der Waals surface area contributed by atoms with Crippen LogP contribution in [-0.2, 0) is 5.41 Å². The Morgan fingerprint density at radius 3 is 2.45 bits per heavy atom. The zero-order valence-corrected chi connectivity index (χ0v) is 13.7. The maximum absolute atomic E-state index is 9.96. The van der Waals surface area contributed by atoms with Crippen molar-refractivity contribution >= 4 is 0 Å². The highest BCUT2D eigenvalue weighted by Gasteiger charge is 2.51. The molecule has 0 aromatic heterocycles. The summed E-state index contributed by atoms with van der Waals surface area (Å²) in [4.78, 5) is 0. The van der Waals surface area contributed by atoms with Crippen molar-refractivity contribution in [3.05, 3.63) is 29.3 Å². The topological polar surface area (TPSA) is 29.5 Å². The van der Waals surface area contributed by atoms with E-state index in [1.165, 1.54) is 11.1 Å². The number of hydrogen-bond acceptors (Lipinski definition) is 2. The van der Waals surface area contributed by atoms with E-state index in [4.69, 9.17) is 4.74 Å². The number of aliphatic hydroxyl groups is 1. The van der Waals surface area contributed by atoms with E-state index < -0.39 is 0 Å². The molecule has 1 aliphatic carbocycles. The second-order valence-corrected chi connectivity index (χ2v) is 7.45. The zero-order chi connectivity index (χ0) is 15.1. The molecule has 20 heavy (non-hydrogen) atoms. The highest BCUT2D eigenvalue weighted by molar-refractivity contribution is 5.39. The Hall–Kier alpha value is -1.02. The molecule has 3 unspecified atom stereocenters. The molecule has 1 fully saturated rings. The molecular weight excluding hydrogens is 248 g/mol. The molecule has 0 radical (unpaired) electrons. The molecule has 1 aromatic rings. The summed E-state index contributed by atoms with van der Waals surface area (Å²) in [6, 6.07) is 6.45. The van der Waals surface area contributed by atoms with Gasteiger partial charge in [0, 0.05) is 11.8 Å². The Morgan fingerprint density at radius 1 is 1.35 bits per heavy atom. The van der Waals surface area contributed by atoms with E-state index in [1.807, 2.05) is 0 Å². The lowest BCUT2D eigenvalue weighted by Gasteiger charge is -2.50. The fourth-order valence-corrected chi connectivity index (χ4v) is 2.84. The average molecular weight is 276 g/mol. The average Bonchev–Trinajstić information content (AvgIpc) is 2.38. The Balaban J connectivity index is 2.16. The number of rotatable bonds is 3. The monoisotopic (exact) mass is 276 g/mol. The van der Waals surface area contributed by atoms with Gasteiger partial charge in [0.05, 0.1) is 6.10 Å². The molecule has 1 aromatic carbocycles. The first kappa shape index (κ1) is 15.4. The van der Waals surface area contributed by atoms with Crippen molar-refractivity contribution in [2.75, 3.05) is 0 Å². The molecule has 0 saturated heterocycles. The van der Waals surface area contributed by atoms with Crippen LogP contribution in [0.4, 0.5) is 0 Å². The van der Waals surface area contributed by atoms with Crippen LogP contribution in [0.2, 0.25) is 0 Å². The summed E-state index contributed by atoms with van der Waals surface area (Å²) in [7, 11) is 0. The SMILES string of the molecule is CCC1(C)C(O)CC1Oc1ccc(C(C)(C)C)cc1C. The molecule has 0 aliphatic heterocycles. The van der Waals surface area contributed by atoms with Gasteiger partial charge in [-0.1, -0.05) is 46.8 Å². The van der Waals surface area contributed by atoms with E-state index in [2.05, 4.69) is 59.7 Å². The lowest BCUT2D eigenvalue weighted by atomic mass is 9.63. The molecular formula is C18H28O2. The van der Waals surface area contributed by atoms with Crippen LogP contribution < -0.4 is 4.74 Å². The second-order valence-electron chi connectivity index (χ2n) is 7.45. The first-order valence-electron chi connectivity index (χ1n) is 7.64. The Labute approximate surface area is 123 Å². The first-order chi connectivity index (χ1) is 9.18. The summed E-state index contributed by atoms with van der Waals surface area (Å²) in [6.45, 7) is 13.0. The van der Waals surface area contributed by atoms with Gasteiger partial charge in [-0.2, -0.15) is 0 Å². The van der Waals surface area contributed by atoms with Crippen LogP contribution in [0.1, 0.15) is 58.6 Å². The third kappa shape index (κ3) is 2.58. The van der Waals surface area contributed by atoms with Crippen molar-refractivity contribution in [1.82, 2.24) is 0 Å². The highest BCUT2D eigenvalue weighted by Crippen LogP contribution is 2.46. The number of aryl methyl sites for hydroxylation is 1. The van der Waals surface area contributed by atoms with Crippen LogP contribution in [0.25, 0.3) is 0 Å². The Kier molecular flexibility index (Phi) is 3.90. The van der Waals surface area contributed by atoms with Crippen molar-refractivity contribution in [2.45, 2.75) is 72.0 Å². The van der Waals surface area contributed by atoms with Crippen LogP contribution >= 0.6 is 0 Å². The van der Waals surface area contributed by atoms with Gasteiger partial charge in [0.15, 0.2) is 0 Å². The van der Waals surface area contributed by atoms with Crippen molar-refractivity contribution in [3.63, 3.8) is 0 Å². The quantitative estimate of drug-likeness (QED) is 0.895. The van der Waals surface area contributed by atoms with Crippen LogP contribution in [0.5, 0.6) is 5.75 Å². The highest BCUT2D eigenvalue weighted by atomic mass is 16.5. The van der Waals surface area contributed by atoms with E-state index in [0.717, 1.165) is 18.6 Å². The van der Waals surface area contributed by atoms with Crippen LogP contribution in [-0.4, -0.2) is 17.3 Å². The van der Waals surface area contributed by atoms with E-state index >= 15 is 0 Å². The maximum Gasteiger partial charge on any atom is 0.122 e. The standard InChI is InChI=1S/C18H28O2/c1-7-18(6)15(19)11-16(18)20-14-9-8-13(10-12(14)2)17(3,4)5/h8-10,15-16,19H,7,11H2,1-6H3. The van der Waals surface area contributed by atoms with E-state index in [0.29, 0.717) is 0 Å². The first-order valence-corrected chi connectivity index (χ1v) is 7.64. The van der Waals surface area contributed by atoms with Crippen molar-refractivity contribution in [3.8, 4) is 5.75 Å². The van der Waals surface area contributed by atoms with Gasteiger partial charge in [0.1, 0.15) is 11.9 Å². The number of hydrogen-bond donors (Lipinski definition) is 1. The Morgan fingerprint density at radius 2 is 2.00 bits per heavy atom.